The van der Waals surface area contributed by atoms with Crippen LogP contribution in [0.2, 0.25) is 0 Å². The summed E-state index contributed by atoms with van der Waals surface area (Å²) < 4.78 is 4.78. The zero-order chi connectivity index (χ0) is 11.1. The van der Waals surface area contributed by atoms with Crippen molar-refractivity contribution in [2.24, 2.45) is 4.99 Å². The molecular weight excluding hydrogens is 190 g/mol. The zero-order valence-electron chi connectivity index (χ0n) is 9.06. The Bertz CT molecular complexity index is 344. The van der Waals surface area contributed by atoms with Crippen LogP contribution >= 0.6 is 0 Å². The minimum atomic E-state index is -0.284. The molecule has 0 aliphatic rings. The highest BCUT2D eigenvalue weighted by Crippen LogP contribution is 2.00. The zero-order valence-corrected chi connectivity index (χ0v) is 9.06. The Morgan fingerprint density at radius 3 is 2.60 bits per heavy atom. The Morgan fingerprint density at radius 1 is 1.33 bits per heavy atom. The van der Waals surface area contributed by atoms with E-state index in [9.17, 15) is 4.79 Å². The monoisotopic (exact) mass is 205 g/mol. The third-order valence-electron chi connectivity index (χ3n) is 1.94. The molecule has 1 aromatic carbocycles. The van der Waals surface area contributed by atoms with Crippen LogP contribution in [0.5, 0.6) is 0 Å². The van der Waals surface area contributed by atoms with Gasteiger partial charge in [-0.25, -0.2) is 0 Å². The van der Waals surface area contributed by atoms with Crippen molar-refractivity contribution in [3.63, 3.8) is 0 Å². The lowest BCUT2D eigenvalue weighted by Gasteiger charge is -2.01. The molecule has 0 spiro atoms. The maximum Gasteiger partial charge on any atom is 0.327 e. The Morgan fingerprint density at radius 2 is 2.00 bits per heavy atom. The second-order valence-corrected chi connectivity index (χ2v) is 3.07. The Hall–Kier alpha value is -1.64. The van der Waals surface area contributed by atoms with E-state index in [-0.39, 0.29) is 12.5 Å². The van der Waals surface area contributed by atoms with Crippen LogP contribution in [0, 0.1) is 0 Å². The summed E-state index contributed by atoms with van der Waals surface area (Å²) in [6, 6.07) is 9.76. The van der Waals surface area contributed by atoms with E-state index in [0.29, 0.717) is 6.61 Å². The molecule has 1 rings (SSSR count). The molecule has 0 N–H and O–H groups in total. The molecule has 0 aliphatic carbocycles. The fourth-order valence-corrected chi connectivity index (χ4v) is 1.16. The van der Waals surface area contributed by atoms with Crippen molar-refractivity contribution in [1.82, 2.24) is 0 Å². The molecule has 3 nitrogen and oxygen atoms in total. The van der Waals surface area contributed by atoms with Gasteiger partial charge in [-0.05, 0) is 19.4 Å². The number of carbonyl (C=O) groups is 1. The molecule has 1 aromatic rings. The van der Waals surface area contributed by atoms with Gasteiger partial charge in [-0.1, -0.05) is 30.3 Å². The number of ether oxygens (including phenoxy) is 1. The first-order valence-corrected chi connectivity index (χ1v) is 4.96. The Balaban J connectivity index is 2.57. The highest BCUT2D eigenvalue weighted by molar-refractivity contribution is 5.99. The first kappa shape index (κ1) is 11.4. The van der Waals surface area contributed by atoms with Gasteiger partial charge in [0, 0.05) is 5.71 Å². The quantitative estimate of drug-likeness (QED) is 0.557. The Kier molecular flexibility index (Phi) is 4.54. The SMILES string of the molecule is CCOC(=O)C/N=C(/C)c1ccccc1. The smallest absolute Gasteiger partial charge is 0.327 e. The number of rotatable bonds is 4. The standard InChI is InChI=1S/C12H15NO2/c1-3-15-12(14)9-13-10(2)11-7-5-4-6-8-11/h4-8H,3,9H2,1-2H3/b13-10-. The van der Waals surface area contributed by atoms with Crippen LogP contribution in [0.1, 0.15) is 19.4 Å². The second kappa shape index (κ2) is 5.96. The van der Waals surface area contributed by atoms with E-state index < -0.39 is 0 Å². The molecule has 0 unspecified atom stereocenters. The second-order valence-electron chi connectivity index (χ2n) is 3.07. The van der Waals surface area contributed by atoms with Crippen LogP contribution in [-0.4, -0.2) is 24.8 Å². The van der Waals surface area contributed by atoms with Crippen LogP contribution in [-0.2, 0) is 9.53 Å². The molecule has 0 heterocycles. The summed E-state index contributed by atoms with van der Waals surface area (Å²) in [5.41, 5.74) is 1.88. The number of benzene rings is 1. The fraction of sp³-hybridized carbons (Fsp3) is 0.333. The molecule has 0 saturated carbocycles. The average molecular weight is 205 g/mol. The topological polar surface area (TPSA) is 38.7 Å². The van der Waals surface area contributed by atoms with Crippen LogP contribution in [0.15, 0.2) is 35.3 Å². The summed E-state index contributed by atoms with van der Waals surface area (Å²) in [6.45, 7) is 4.16. The van der Waals surface area contributed by atoms with E-state index in [2.05, 4.69) is 4.99 Å². The number of hydrogen-bond acceptors (Lipinski definition) is 3. The summed E-state index contributed by atoms with van der Waals surface area (Å²) >= 11 is 0. The summed E-state index contributed by atoms with van der Waals surface area (Å²) in [5, 5.41) is 0. The van der Waals surface area contributed by atoms with Crippen molar-refractivity contribution < 1.29 is 9.53 Å². The lowest BCUT2D eigenvalue weighted by atomic mass is 10.1. The lowest BCUT2D eigenvalue weighted by Crippen LogP contribution is -2.09. The number of aliphatic imine (C=N–C) groups is 1. The molecule has 80 valence electrons. The van der Waals surface area contributed by atoms with Crippen LogP contribution in [0.25, 0.3) is 0 Å². The predicted molar refractivity (Wildman–Crippen MR) is 60.2 cm³/mol. The maximum atomic E-state index is 11.0. The number of esters is 1. The Labute approximate surface area is 89.8 Å². The van der Waals surface area contributed by atoms with Crippen LogP contribution in [0.3, 0.4) is 0 Å². The molecule has 0 amide bonds. The normalized spacial score (nSPS) is 11.2. The first-order chi connectivity index (χ1) is 7.24. The van der Waals surface area contributed by atoms with E-state index in [1.54, 1.807) is 6.92 Å². The summed E-state index contributed by atoms with van der Waals surface area (Å²) in [4.78, 5) is 15.2. The van der Waals surface area contributed by atoms with Gasteiger partial charge in [0.25, 0.3) is 0 Å². The highest BCUT2D eigenvalue weighted by Gasteiger charge is 2.00. The summed E-state index contributed by atoms with van der Waals surface area (Å²) in [5.74, 6) is -0.284. The third kappa shape index (κ3) is 3.94. The molecule has 0 radical (unpaired) electrons. The van der Waals surface area contributed by atoms with Gasteiger partial charge in [-0.15, -0.1) is 0 Å². The molecule has 0 aromatic heterocycles. The van der Waals surface area contributed by atoms with E-state index in [0.717, 1.165) is 11.3 Å². The molecule has 0 saturated heterocycles. The minimum Gasteiger partial charge on any atom is -0.465 e. The van der Waals surface area contributed by atoms with Crippen molar-refractivity contribution in [3.05, 3.63) is 35.9 Å². The van der Waals surface area contributed by atoms with Gasteiger partial charge >= 0.3 is 5.97 Å². The van der Waals surface area contributed by atoms with E-state index in [1.807, 2.05) is 37.3 Å². The van der Waals surface area contributed by atoms with Gasteiger partial charge in [0.1, 0.15) is 6.54 Å². The van der Waals surface area contributed by atoms with Crippen molar-refractivity contribution in [1.29, 1.82) is 0 Å². The van der Waals surface area contributed by atoms with Gasteiger partial charge in [-0.3, -0.25) is 9.79 Å². The van der Waals surface area contributed by atoms with Crippen molar-refractivity contribution in [2.45, 2.75) is 13.8 Å². The van der Waals surface area contributed by atoms with E-state index in [4.69, 9.17) is 4.74 Å². The lowest BCUT2D eigenvalue weighted by molar-refractivity contribution is -0.141. The van der Waals surface area contributed by atoms with Crippen LogP contribution < -0.4 is 0 Å². The third-order valence-corrected chi connectivity index (χ3v) is 1.94. The average Bonchev–Trinajstić information content (AvgIpc) is 2.27. The van der Waals surface area contributed by atoms with Gasteiger partial charge in [0.15, 0.2) is 0 Å². The predicted octanol–water partition coefficient (Wildman–Crippen LogP) is 2.06. The summed E-state index contributed by atoms with van der Waals surface area (Å²) in [7, 11) is 0. The highest BCUT2D eigenvalue weighted by atomic mass is 16.5. The molecule has 0 bridgehead atoms. The number of nitrogens with zero attached hydrogens (tertiary/aromatic N) is 1. The molecule has 0 atom stereocenters. The van der Waals surface area contributed by atoms with E-state index >= 15 is 0 Å². The number of carbonyl (C=O) groups excluding carboxylic acids is 1. The molecule has 3 heteroatoms. The molecular formula is C12H15NO2. The van der Waals surface area contributed by atoms with Gasteiger partial charge in [0.05, 0.1) is 6.61 Å². The van der Waals surface area contributed by atoms with Crippen LogP contribution in [0.4, 0.5) is 0 Å². The molecule has 0 aliphatic heterocycles. The van der Waals surface area contributed by atoms with Gasteiger partial charge < -0.3 is 4.74 Å². The fourth-order valence-electron chi connectivity index (χ4n) is 1.16. The first-order valence-electron chi connectivity index (χ1n) is 4.96. The minimum absolute atomic E-state index is 0.0918. The van der Waals surface area contributed by atoms with Gasteiger partial charge in [0.2, 0.25) is 0 Å². The molecule has 0 fully saturated rings. The number of hydrogen-bond donors (Lipinski definition) is 0. The summed E-state index contributed by atoms with van der Waals surface area (Å²) in [6.07, 6.45) is 0. The van der Waals surface area contributed by atoms with E-state index in [1.165, 1.54) is 0 Å². The molecule has 15 heavy (non-hydrogen) atoms. The van der Waals surface area contributed by atoms with Crippen molar-refractivity contribution in [2.75, 3.05) is 13.2 Å². The van der Waals surface area contributed by atoms with Gasteiger partial charge in [-0.2, -0.15) is 0 Å². The van der Waals surface area contributed by atoms with Crippen molar-refractivity contribution >= 4 is 11.7 Å². The largest absolute Gasteiger partial charge is 0.465 e. The van der Waals surface area contributed by atoms with Crippen molar-refractivity contribution in [3.8, 4) is 0 Å². The maximum absolute atomic E-state index is 11.0.